The first-order valence-corrected chi connectivity index (χ1v) is 9.63. The molecule has 0 bridgehead atoms. The number of pyridine rings is 1. The van der Waals surface area contributed by atoms with Crippen molar-refractivity contribution < 1.29 is 0 Å². The van der Waals surface area contributed by atoms with Gasteiger partial charge in [-0.15, -0.1) is 11.3 Å². The largest absolute Gasteiger partial charge is 0.351 e. The van der Waals surface area contributed by atoms with Crippen LogP contribution in [0.2, 0.25) is 9.36 Å². The molecule has 2 atom stereocenters. The molecule has 1 aromatic carbocycles. The first kappa shape index (κ1) is 16.8. The third-order valence-corrected chi connectivity index (χ3v) is 5.96. The van der Waals surface area contributed by atoms with Crippen LogP contribution in [0, 0.1) is 0 Å². The molecule has 1 fully saturated rings. The lowest BCUT2D eigenvalue weighted by molar-refractivity contribution is 0.575. The second-order valence-electron chi connectivity index (χ2n) is 5.61. The van der Waals surface area contributed by atoms with E-state index in [2.05, 4.69) is 15.2 Å². The van der Waals surface area contributed by atoms with E-state index < -0.39 is 0 Å². The Labute approximate surface area is 165 Å². The molecule has 3 heterocycles. The maximum Gasteiger partial charge on any atom is 0.174 e. The van der Waals surface area contributed by atoms with Crippen LogP contribution >= 0.6 is 46.8 Å². The third kappa shape index (κ3) is 3.25. The van der Waals surface area contributed by atoms with Gasteiger partial charge in [0.15, 0.2) is 5.11 Å². The molecule has 4 rings (SSSR count). The van der Waals surface area contributed by atoms with Crippen molar-refractivity contribution in [3.63, 3.8) is 0 Å². The van der Waals surface area contributed by atoms with Crippen molar-refractivity contribution in [1.82, 2.24) is 10.3 Å². The molecule has 3 aromatic rings. The van der Waals surface area contributed by atoms with Crippen molar-refractivity contribution in [1.29, 1.82) is 0 Å². The summed E-state index contributed by atoms with van der Waals surface area (Å²) >= 11 is 19.4. The first-order chi connectivity index (χ1) is 12.1. The van der Waals surface area contributed by atoms with Crippen LogP contribution in [0.3, 0.4) is 0 Å². The molecule has 1 saturated heterocycles. The Hall–Kier alpha value is -1.66. The highest BCUT2D eigenvalue weighted by Crippen LogP contribution is 2.44. The molecular formula is C18H13Cl2N3S2. The number of nitrogens with zero attached hydrogens (tertiary/aromatic N) is 2. The van der Waals surface area contributed by atoms with Crippen molar-refractivity contribution >= 4 is 57.6 Å². The molecule has 3 nitrogen and oxygen atoms in total. The van der Waals surface area contributed by atoms with Gasteiger partial charge < -0.3 is 10.2 Å². The average molecular weight is 406 g/mol. The van der Waals surface area contributed by atoms with Gasteiger partial charge >= 0.3 is 0 Å². The Morgan fingerprint density at radius 2 is 1.84 bits per heavy atom. The summed E-state index contributed by atoms with van der Waals surface area (Å²) in [7, 11) is 0. The number of hydrogen-bond acceptors (Lipinski definition) is 3. The van der Waals surface area contributed by atoms with E-state index in [0.29, 0.717) is 10.1 Å². The minimum atomic E-state index is -0.0564. The standard InChI is InChI=1S/C18H13Cl2N3S2/c19-11-4-6-12(7-5-11)23-17(14-8-9-15(20)25-14)16(22-18(23)24)13-3-1-2-10-21-13/h1-10,16-17H,(H,22,24). The van der Waals surface area contributed by atoms with Crippen LogP contribution in [0.15, 0.2) is 60.8 Å². The molecule has 7 heteroatoms. The number of halogens is 2. The molecule has 126 valence electrons. The minimum Gasteiger partial charge on any atom is -0.351 e. The van der Waals surface area contributed by atoms with E-state index in [1.807, 2.05) is 54.6 Å². The summed E-state index contributed by atoms with van der Waals surface area (Å²) in [6.07, 6.45) is 1.80. The van der Waals surface area contributed by atoms with Crippen LogP contribution < -0.4 is 10.2 Å². The number of nitrogens with one attached hydrogen (secondary N) is 1. The van der Waals surface area contributed by atoms with Gasteiger partial charge in [-0.05, 0) is 60.7 Å². The molecule has 25 heavy (non-hydrogen) atoms. The predicted octanol–water partition coefficient (Wildman–Crippen LogP) is 5.63. The van der Waals surface area contributed by atoms with Gasteiger partial charge in [-0.3, -0.25) is 4.98 Å². The summed E-state index contributed by atoms with van der Waals surface area (Å²) in [5.41, 5.74) is 1.92. The van der Waals surface area contributed by atoms with Gasteiger partial charge in [-0.2, -0.15) is 0 Å². The molecule has 0 saturated carbocycles. The SMILES string of the molecule is S=C1NC(c2ccccn2)C(c2ccc(Cl)s2)N1c1ccc(Cl)cc1. The van der Waals surface area contributed by atoms with Gasteiger partial charge in [0.25, 0.3) is 0 Å². The van der Waals surface area contributed by atoms with Crippen LogP contribution in [0.4, 0.5) is 5.69 Å². The highest BCUT2D eigenvalue weighted by molar-refractivity contribution is 7.80. The van der Waals surface area contributed by atoms with Crippen molar-refractivity contribution in [2.24, 2.45) is 0 Å². The maximum absolute atomic E-state index is 6.20. The zero-order valence-electron chi connectivity index (χ0n) is 12.9. The van der Waals surface area contributed by atoms with Gasteiger partial charge in [0.2, 0.25) is 0 Å². The van der Waals surface area contributed by atoms with Gasteiger partial charge in [0.1, 0.15) is 0 Å². The van der Waals surface area contributed by atoms with Gasteiger partial charge in [0, 0.05) is 21.8 Å². The highest BCUT2D eigenvalue weighted by Gasteiger charge is 2.41. The number of rotatable bonds is 3. The Bertz CT molecular complexity index is 896. The molecule has 0 radical (unpaired) electrons. The minimum absolute atomic E-state index is 0.0268. The van der Waals surface area contributed by atoms with Crippen LogP contribution in [-0.4, -0.2) is 10.1 Å². The van der Waals surface area contributed by atoms with E-state index in [1.54, 1.807) is 17.5 Å². The van der Waals surface area contributed by atoms with Gasteiger partial charge in [-0.25, -0.2) is 0 Å². The van der Waals surface area contributed by atoms with E-state index in [9.17, 15) is 0 Å². The lowest BCUT2D eigenvalue weighted by Gasteiger charge is -2.26. The predicted molar refractivity (Wildman–Crippen MR) is 109 cm³/mol. The fourth-order valence-corrected chi connectivity index (χ4v) is 4.67. The summed E-state index contributed by atoms with van der Waals surface area (Å²) in [5.74, 6) is 0. The maximum atomic E-state index is 6.20. The Balaban J connectivity index is 1.81. The second-order valence-corrected chi connectivity index (χ2v) is 8.18. The molecule has 1 aliphatic rings. The Morgan fingerprint density at radius 1 is 1.04 bits per heavy atom. The summed E-state index contributed by atoms with van der Waals surface area (Å²) < 4.78 is 0.753. The topological polar surface area (TPSA) is 28.2 Å². The fraction of sp³-hybridized carbons (Fsp3) is 0.111. The zero-order valence-corrected chi connectivity index (χ0v) is 16.0. The number of thiophene rings is 1. The number of hydrogen-bond donors (Lipinski definition) is 1. The quantitative estimate of drug-likeness (QED) is 0.571. The Morgan fingerprint density at radius 3 is 2.48 bits per heavy atom. The van der Waals surface area contributed by atoms with Crippen LogP contribution in [0.1, 0.15) is 22.7 Å². The molecule has 0 amide bonds. The van der Waals surface area contributed by atoms with Crippen molar-refractivity contribution in [2.75, 3.05) is 4.90 Å². The smallest absolute Gasteiger partial charge is 0.174 e. The van der Waals surface area contributed by atoms with Gasteiger partial charge in [0.05, 0.1) is 22.1 Å². The highest BCUT2D eigenvalue weighted by atomic mass is 35.5. The van der Waals surface area contributed by atoms with Crippen LogP contribution in [0.25, 0.3) is 0 Å². The number of aromatic nitrogens is 1. The number of benzene rings is 1. The van der Waals surface area contributed by atoms with E-state index in [0.717, 1.165) is 20.6 Å². The Kier molecular flexibility index (Phi) is 4.65. The van der Waals surface area contributed by atoms with Crippen molar-refractivity contribution in [3.8, 4) is 0 Å². The lowest BCUT2D eigenvalue weighted by atomic mass is 10.0. The molecule has 2 unspecified atom stereocenters. The third-order valence-electron chi connectivity index (χ3n) is 4.09. The first-order valence-electron chi connectivity index (χ1n) is 7.65. The van der Waals surface area contributed by atoms with Gasteiger partial charge in [-0.1, -0.05) is 29.3 Å². The molecule has 0 aliphatic carbocycles. The van der Waals surface area contributed by atoms with Crippen LogP contribution in [-0.2, 0) is 0 Å². The number of anilines is 1. The average Bonchev–Trinajstić information content (AvgIpc) is 3.20. The van der Waals surface area contributed by atoms with Crippen molar-refractivity contribution in [2.45, 2.75) is 12.1 Å². The fourth-order valence-electron chi connectivity index (χ4n) is 3.01. The molecule has 2 aromatic heterocycles. The summed E-state index contributed by atoms with van der Waals surface area (Å²) in [6, 6.07) is 17.5. The molecule has 0 spiro atoms. The van der Waals surface area contributed by atoms with Crippen LogP contribution in [0.5, 0.6) is 0 Å². The summed E-state index contributed by atoms with van der Waals surface area (Å²) in [6.45, 7) is 0. The molecule has 1 aliphatic heterocycles. The van der Waals surface area contributed by atoms with E-state index in [1.165, 1.54) is 0 Å². The summed E-state index contributed by atoms with van der Waals surface area (Å²) in [5, 5.41) is 4.77. The number of thiocarbonyl (C=S) groups is 1. The van der Waals surface area contributed by atoms with E-state index in [4.69, 9.17) is 35.4 Å². The summed E-state index contributed by atoms with van der Waals surface area (Å²) in [4.78, 5) is 7.75. The second kappa shape index (κ2) is 6.92. The van der Waals surface area contributed by atoms with Crippen molar-refractivity contribution in [3.05, 3.63) is 80.7 Å². The zero-order chi connectivity index (χ0) is 17.4. The normalized spacial score (nSPS) is 19.9. The monoisotopic (exact) mass is 405 g/mol. The molecular weight excluding hydrogens is 393 g/mol. The lowest BCUT2D eigenvalue weighted by Crippen LogP contribution is -2.28. The molecule has 1 N–H and O–H groups in total. The van der Waals surface area contributed by atoms with E-state index >= 15 is 0 Å². The van der Waals surface area contributed by atoms with E-state index in [-0.39, 0.29) is 12.1 Å².